The minimum Gasteiger partial charge on any atom is -0.691 e. The van der Waals surface area contributed by atoms with Gasteiger partial charge < -0.3 is 19.7 Å². The average Bonchev–Trinajstić information content (AvgIpc) is 3.27. The van der Waals surface area contributed by atoms with Crippen LogP contribution in [0.5, 0.6) is 11.8 Å². The maximum Gasteiger partial charge on any atom is 0.597 e. The van der Waals surface area contributed by atoms with Gasteiger partial charge in [-0.05, 0) is 77.3 Å². The molecule has 0 spiro atoms. The van der Waals surface area contributed by atoms with Crippen molar-refractivity contribution >= 4 is 85.2 Å². The number of hydrogen-bond acceptors (Lipinski definition) is 11. The Hall–Kier alpha value is -3.91. The monoisotopic (exact) mass is 580 g/mol. The second kappa shape index (κ2) is 9.38. The van der Waals surface area contributed by atoms with Crippen LogP contribution >= 0.6 is 35.2 Å². The number of nitrogens with one attached hydrogen (secondary N) is 2. The molecule has 0 saturated heterocycles. The molecular formula is C25H14Cl2N6O5S. The Balaban J connectivity index is 1.36. The molecule has 0 fully saturated rings. The van der Waals surface area contributed by atoms with Crippen molar-refractivity contribution < 1.29 is 28.5 Å². The lowest BCUT2D eigenvalue weighted by Gasteiger charge is -2.18. The van der Waals surface area contributed by atoms with Crippen LogP contribution < -0.4 is 25.4 Å². The normalized spacial score (nSPS) is 12.3. The maximum atomic E-state index is 10.7. The fourth-order valence-corrected chi connectivity index (χ4v) is 5.45. The van der Waals surface area contributed by atoms with E-state index in [1.807, 2.05) is 55.5 Å². The van der Waals surface area contributed by atoms with Crippen molar-refractivity contribution in [3.63, 3.8) is 0 Å². The highest BCUT2D eigenvalue weighted by Gasteiger charge is 2.36. The molecule has 0 radical (unpaired) electrons. The number of benzene rings is 4. The average molecular weight is 581 g/mol. The van der Waals surface area contributed by atoms with Crippen LogP contribution in [0.4, 0.5) is 17.3 Å². The Morgan fingerprint density at radius 3 is 2.62 bits per heavy atom. The first-order chi connectivity index (χ1) is 19.0. The number of oxazole rings is 1. The fraction of sp³-hybridized carbons (Fsp3) is 0.0400. The van der Waals surface area contributed by atoms with Gasteiger partial charge in [0.25, 0.3) is 5.52 Å². The molecule has 2 N–H and O–H groups in total. The van der Waals surface area contributed by atoms with Gasteiger partial charge in [0.1, 0.15) is 0 Å². The van der Waals surface area contributed by atoms with Gasteiger partial charge in [-0.2, -0.15) is 19.3 Å². The Morgan fingerprint density at radius 1 is 0.974 bits per heavy atom. The second-order valence-corrected chi connectivity index (χ2v) is 10.0. The molecule has 0 aliphatic carbocycles. The molecule has 0 bridgehead atoms. The SMILES string of the molecule is Cc1ccc2c(ccc3oc4[n+](c32)Nc2c(SOO[O-])cc3cc(Nc5nc(Cl)nc(Cl)n5)ccc3c2O4)c1. The molecule has 39 heavy (non-hydrogen) atoms. The lowest BCUT2D eigenvalue weighted by Crippen LogP contribution is -2.44. The number of ether oxygens (including phenoxy) is 1. The van der Waals surface area contributed by atoms with Crippen LogP contribution in [0.25, 0.3) is 32.6 Å². The highest BCUT2D eigenvalue weighted by atomic mass is 35.5. The van der Waals surface area contributed by atoms with Gasteiger partial charge >= 0.3 is 6.08 Å². The zero-order chi connectivity index (χ0) is 26.7. The molecular weight excluding hydrogens is 567 g/mol. The summed E-state index contributed by atoms with van der Waals surface area (Å²) in [5, 5.41) is 20.8. The van der Waals surface area contributed by atoms with Gasteiger partial charge in [0.05, 0.1) is 22.3 Å². The maximum absolute atomic E-state index is 10.7. The third-order valence-electron chi connectivity index (χ3n) is 6.17. The van der Waals surface area contributed by atoms with E-state index >= 15 is 0 Å². The van der Waals surface area contributed by atoms with E-state index in [0.717, 1.165) is 44.7 Å². The third-order valence-corrected chi connectivity index (χ3v) is 7.13. The van der Waals surface area contributed by atoms with Crippen molar-refractivity contribution in [3.05, 3.63) is 70.7 Å². The second-order valence-electron chi connectivity index (χ2n) is 8.61. The lowest BCUT2D eigenvalue weighted by molar-refractivity contribution is -0.777. The molecule has 0 saturated carbocycles. The first kappa shape index (κ1) is 24.2. The summed E-state index contributed by atoms with van der Waals surface area (Å²) < 4.78 is 18.8. The summed E-state index contributed by atoms with van der Waals surface area (Å²) in [7, 11) is 0. The van der Waals surface area contributed by atoms with E-state index in [1.54, 1.807) is 4.68 Å². The van der Waals surface area contributed by atoms with E-state index in [1.165, 1.54) is 0 Å². The predicted octanol–water partition coefficient (Wildman–Crippen LogP) is 5.78. The van der Waals surface area contributed by atoms with Gasteiger partial charge in [-0.1, -0.05) is 23.8 Å². The molecule has 7 rings (SSSR count). The van der Waals surface area contributed by atoms with E-state index in [-0.39, 0.29) is 22.6 Å². The summed E-state index contributed by atoms with van der Waals surface area (Å²) in [6.45, 7) is 2.04. The molecule has 0 amide bonds. The molecule has 11 nitrogen and oxygen atoms in total. The number of anilines is 3. The summed E-state index contributed by atoms with van der Waals surface area (Å²) in [6, 6.07) is 17.4. The fourth-order valence-electron chi connectivity index (χ4n) is 4.59. The molecule has 0 atom stereocenters. The van der Waals surface area contributed by atoms with Crippen LogP contribution in [0.2, 0.25) is 10.6 Å². The van der Waals surface area contributed by atoms with Crippen LogP contribution in [0.3, 0.4) is 0 Å². The standard InChI is InChI=1S/C25H14Cl2N6O5S/c1-11-2-5-15-12(8-11)3-7-17-20(15)33-25(35-17)36-21-16-6-4-14(28-24-30-22(26)29-23(27)31-24)9-13(16)10-18(19(21)32-33)39-38-37-34/h2-10,32H,1H3,(H-,28,29,30,31,34). The van der Waals surface area contributed by atoms with Gasteiger partial charge in [-0.25, -0.2) is 0 Å². The zero-order valence-electron chi connectivity index (χ0n) is 19.7. The highest BCUT2D eigenvalue weighted by molar-refractivity contribution is 7.94. The summed E-state index contributed by atoms with van der Waals surface area (Å²) in [5.74, 6) is 0.653. The van der Waals surface area contributed by atoms with Crippen molar-refractivity contribution in [1.82, 2.24) is 15.0 Å². The van der Waals surface area contributed by atoms with Gasteiger partial charge in [-0.15, -0.1) is 5.43 Å². The number of halogens is 2. The van der Waals surface area contributed by atoms with E-state index in [0.29, 0.717) is 27.6 Å². The van der Waals surface area contributed by atoms with E-state index in [9.17, 15) is 5.26 Å². The van der Waals surface area contributed by atoms with Crippen LogP contribution in [-0.4, -0.2) is 15.0 Å². The topological polar surface area (TPSA) is 130 Å². The molecule has 1 aliphatic heterocycles. The van der Waals surface area contributed by atoms with Gasteiger partial charge in [0.15, 0.2) is 11.4 Å². The first-order valence-corrected chi connectivity index (χ1v) is 12.9. The Bertz CT molecular complexity index is 1930. The molecule has 1 aliphatic rings. The van der Waals surface area contributed by atoms with Crippen LogP contribution in [0.15, 0.2) is 63.9 Å². The van der Waals surface area contributed by atoms with Gasteiger partial charge in [0, 0.05) is 15.7 Å². The van der Waals surface area contributed by atoms with Crippen molar-refractivity contribution in [3.8, 4) is 11.8 Å². The lowest BCUT2D eigenvalue weighted by atomic mass is 10.1. The number of aromatic nitrogens is 4. The summed E-state index contributed by atoms with van der Waals surface area (Å²) in [5.41, 5.74) is 7.17. The third kappa shape index (κ3) is 4.23. The van der Waals surface area contributed by atoms with Crippen molar-refractivity contribution in [2.24, 2.45) is 0 Å². The Labute approximate surface area is 233 Å². The number of rotatable bonds is 5. The molecule has 2 aromatic heterocycles. The van der Waals surface area contributed by atoms with Crippen LogP contribution in [0, 0.1) is 6.92 Å². The number of fused-ring (bicyclic) bond motifs is 8. The quantitative estimate of drug-likeness (QED) is 0.111. The Morgan fingerprint density at radius 2 is 1.79 bits per heavy atom. The van der Waals surface area contributed by atoms with Gasteiger partial charge in [0.2, 0.25) is 22.1 Å². The zero-order valence-corrected chi connectivity index (χ0v) is 22.0. The highest BCUT2D eigenvalue weighted by Crippen LogP contribution is 2.46. The molecule has 6 aromatic rings. The van der Waals surface area contributed by atoms with Crippen molar-refractivity contribution in [2.45, 2.75) is 11.8 Å². The summed E-state index contributed by atoms with van der Waals surface area (Å²) >= 11 is 12.5. The minimum absolute atomic E-state index is 0.0395. The molecule has 0 unspecified atom stereocenters. The molecule has 3 heterocycles. The van der Waals surface area contributed by atoms with Crippen LogP contribution in [0.1, 0.15) is 5.56 Å². The van der Waals surface area contributed by atoms with Crippen molar-refractivity contribution in [2.75, 3.05) is 10.7 Å². The largest absolute Gasteiger partial charge is 0.691 e. The Kier molecular flexibility index (Phi) is 5.81. The number of nitrogens with zero attached hydrogens (tertiary/aromatic N) is 4. The van der Waals surface area contributed by atoms with E-state index < -0.39 is 0 Å². The summed E-state index contributed by atoms with van der Waals surface area (Å²) in [4.78, 5) is 12.3. The van der Waals surface area contributed by atoms with Crippen molar-refractivity contribution in [1.29, 1.82) is 0 Å². The molecule has 194 valence electrons. The smallest absolute Gasteiger partial charge is 0.597 e. The van der Waals surface area contributed by atoms with E-state index in [2.05, 4.69) is 41.1 Å². The first-order valence-electron chi connectivity index (χ1n) is 11.4. The predicted molar refractivity (Wildman–Crippen MR) is 143 cm³/mol. The van der Waals surface area contributed by atoms with Gasteiger partial charge in [-0.3, -0.25) is 5.04 Å². The number of aryl methyl sites for hydroxylation is 1. The molecule has 14 heteroatoms. The molecule has 4 aromatic carbocycles. The van der Waals surface area contributed by atoms with E-state index in [4.69, 9.17) is 32.4 Å². The number of hydrogen-bond donors (Lipinski definition) is 2. The summed E-state index contributed by atoms with van der Waals surface area (Å²) in [6.07, 6.45) is 0.242. The van der Waals surface area contributed by atoms with Crippen LogP contribution in [-0.2, 0) is 9.37 Å². The minimum atomic E-state index is -0.0395.